The number of rotatable bonds is 6. The number of thiazole rings is 1. The number of pyridine rings is 1. The Morgan fingerprint density at radius 1 is 1.14 bits per heavy atom. The Hall–Kier alpha value is -3.85. The van der Waals surface area contributed by atoms with Gasteiger partial charge in [0.15, 0.2) is 0 Å². The quantitative estimate of drug-likeness (QED) is 0.314. The molecule has 4 heterocycles. The van der Waals surface area contributed by atoms with Crippen molar-refractivity contribution in [2.45, 2.75) is 32.9 Å². The maximum atomic E-state index is 12.1. The molecule has 0 saturated heterocycles. The number of hydrogen-bond donors (Lipinski definition) is 1. The van der Waals surface area contributed by atoms with Crippen LogP contribution in [0.3, 0.4) is 0 Å². The third-order valence-corrected chi connectivity index (χ3v) is 6.73. The van der Waals surface area contributed by atoms with Gasteiger partial charge in [-0.2, -0.15) is 0 Å². The first-order valence-electron chi connectivity index (χ1n) is 11.7. The first kappa shape index (κ1) is 23.9. The van der Waals surface area contributed by atoms with Crippen molar-refractivity contribution in [2.24, 2.45) is 7.05 Å². The molecular formula is C27H29N5O3S. The number of ether oxygens (including phenoxy) is 2. The molecule has 0 saturated carbocycles. The monoisotopic (exact) mass is 503 g/mol. The predicted molar refractivity (Wildman–Crippen MR) is 144 cm³/mol. The van der Waals surface area contributed by atoms with Gasteiger partial charge in [0.1, 0.15) is 22.0 Å². The highest BCUT2D eigenvalue weighted by atomic mass is 32.1. The van der Waals surface area contributed by atoms with Gasteiger partial charge >= 0.3 is 6.09 Å². The van der Waals surface area contributed by atoms with E-state index in [9.17, 15) is 4.79 Å². The van der Waals surface area contributed by atoms with Crippen LogP contribution in [0.25, 0.3) is 43.8 Å². The molecule has 0 unspecified atom stereocenters. The smallest absolute Gasteiger partial charge is 0.407 e. The Morgan fingerprint density at radius 3 is 2.75 bits per heavy atom. The van der Waals surface area contributed by atoms with Gasteiger partial charge in [-0.15, -0.1) is 11.3 Å². The van der Waals surface area contributed by atoms with Gasteiger partial charge in [0.05, 0.1) is 12.8 Å². The summed E-state index contributed by atoms with van der Waals surface area (Å²) >= 11 is 1.61. The summed E-state index contributed by atoms with van der Waals surface area (Å²) in [5, 5.41) is 7.97. The van der Waals surface area contributed by atoms with E-state index in [2.05, 4.69) is 38.7 Å². The highest BCUT2D eigenvalue weighted by Crippen LogP contribution is 2.38. The lowest BCUT2D eigenvalue weighted by atomic mass is 10.1. The molecule has 0 radical (unpaired) electrons. The van der Waals surface area contributed by atoms with Crippen LogP contribution < -0.4 is 10.1 Å². The molecule has 8 nitrogen and oxygen atoms in total. The van der Waals surface area contributed by atoms with Crippen molar-refractivity contribution in [3.63, 3.8) is 0 Å². The number of carbonyl (C=O) groups excluding carboxylic acids is 1. The number of aromatic nitrogens is 4. The summed E-state index contributed by atoms with van der Waals surface area (Å²) in [6.45, 7) is 6.58. The summed E-state index contributed by atoms with van der Waals surface area (Å²) in [6.07, 6.45) is 5.55. The molecule has 0 aliphatic rings. The summed E-state index contributed by atoms with van der Waals surface area (Å²) in [4.78, 5) is 21.6. The number of amides is 1. The van der Waals surface area contributed by atoms with Gasteiger partial charge < -0.3 is 23.9 Å². The first-order valence-corrected chi connectivity index (χ1v) is 12.6. The van der Waals surface area contributed by atoms with E-state index in [1.165, 1.54) is 0 Å². The van der Waals surface area contributed by atoms with Crippen LogP contribution in [-0.4, -0.2) is 44.5 Å². The Balaban J connectivity index is 1.47. The lowest BCUT2D eigenvalue weighted by Gasteiger charge is -2.19. The number of hydrogen-bond acceptors (Lipinski definition) is 6. The molecule has 0 atom stereocenters. The SMILES string of the molecule is COc1ccc2c(c1)c(-c1nc(-c3cn(C)c4ncccc34)cs1)cn2CCNC(=O)OC(C)(C)C. The molecule has 186 valence electrons. The molecular weight excluding hydrogens is 474 g/mol. The highest BCUT2D eigenvalue weighted by molar-refractivity contribution is 7.13. The van der Waals surface area contributed by atoms with Gasteiger partial charge in [0.2, 0.25) is 0 Å². The zero-order valence-electron chi connectivity index (χ0n) is 21.0. The Kier molecular flexibility index (Phi) is 6.17. The van der Waals surface area contributed by atoms with Crippen molar-refractivity contribution in [1.29, 1.82) is 0 Å². The molecule has 0 bridgehead atoms. The number of alkyl carbamates (subject to hydrolysis) is 1. The van der Waals surface area contributed by atoms with Crippen molar-refractivity contribution in [2.75, 3.05) is 13.7 Å². The van der Waals surface area contributed by atoms with Crippen LogP contribution in [0, 0.1) is 0 Å². The van der Waals surface area contributed by atoms with Crippen LogP contribution in [-0.2, 0) is 18.3 Å². The zero-order valence-corrected chi connectivity index (χ0v) is 21.8. The summed E-state index contributed by atoms with van der Waals surface area (Å²) in [5.74, 6) is 0.783. The minimum absolute atomic E-state index is 0.421. The molecule has 5 aromatic rings. The molecule has 9 heteroatoms. The van der Waals surface area contributed by atoms with Gasteiger partial charge in [-0.1, -0.05) is 0 Å². The first-order chi connectivity index (χ1) is 17.2. The maximum absolute atomic E-state index is 12.1. The van der Waals surface area contributed by atoms with E-state index >= 15 is 0 Å². The third-order valence-electron chi connectivity index (χ3n) is 5.85. The standard InChI is InChI=1S/C27H29N5O3S/c1-27(2,3)35-26(33)29-11-12-32-15-21(19-13-17(34-5)8-9-23(19)32)25-30-22(16-36-25)20-14-31(4)24-18(20)7-6-10-28-24/h6-10,13-16H,11-12H2,1-5H3,(H,29,33). The summed E-state index contributed by atoms with van der Waals surface area (Å²) in [5.41, 5.74) is 4.45. The normalized spacial score (nSPS) is 11.8. The van der Waals surface area contributed by atoms with E-state index in [0.717, 1.165) is 49.5 Å². The summed E-state index contributed by atoms with van der Waals surface area (Å²) in [6, 6.07) is 10.0. The van der Waals surface area contributed by atoms with E-state index in [4.69, 9.17) is 14.5 Å². The molecule has 0 spiro atoms. The third kappa shape index (κ3) is 4.66. The van der Waals surface area contributed by atoms with Gasteiger partial charge in [0, 0.05) is 71.5 Å². The van der Waals surface area contributed by atoms with Crippen LogP contribution in [0.1, 0.15) is 20.8 Å². The van der Waals surface area contributed by atoms with E-state index < -0.39 is 11.7 Å². The average molecular weight is 504 g/mol. The van der Waals surface area contributed by atoms with Crippen molar-refractivity contribution >= 4 is 39.4 Å². The fourth-order valence-corrected chi connectivity index (χ4v) is 5.13. The summed E-state index contributed by atoms with van der Waals surface area (Å²) in [7, 11) is 3.66. The molecule has 0 aliphatic heterocycles. The second kappa shape index (κ2) is 9.31. The van der Waals surface area contributed by atoms with Gasteiger partial charge in [-0.3, -0.25) is 0 Å². The van der Waals surface area contributed by atoms with Crippen molar-refractivity contribution < 1.29 is 14.3 Å². The summed E-state index contributed by atoms with van der Waals surface area (Å²) < 4.78 is 15.0. The Morgan fingerprint density at radius 2 is 1.97 bits per heavy atom. The van der Waals surface area contributed by atoms with Crippen molar-refractivity contribution in [1.82, 2.24) is 24.4 Å². The number of carbonyl (C=O) groups is 1. The van der Waals surface area contributed by atoms with Crippen LogP contribution >= 0.6 is 11.3 Å². The lowest BCUT2D eigenvalue weighted by Crippen LogP contribution is -2.34. The van der Waals surface area contributed by atoms with E-state index in [1.807, 2.05) is 56.7 Å². The average Bonchev–Trinajstić information content (AvgIpc) is 3.54. The topological polar surface area (TPSA) is 83.2 Å². The van der Waals surface area contributed by atoms with Crippen LogP contribution in [0.5, 0.6) is 5.75 Å². The number of aryl methyl sites for hydroxylation is 1. The van der Waals surface area contributed by atoms with Crippen molar-refractivity contribution in [3.8, 4) is 27.6 Å². The molecule has 0 aliphatic carbocycles. The molecule has 5 rings (SSSR count). The number of nitrogens with one attached hydrogen (secondary N) is 1. The molecule has 0 fully saturated rings. The molecule has 1 amide bonds. The molecule has 1 aromatic carbocycles. The second-order valence-corrected chi connectivity index (χ2v) is 10.5. The van der Waals surface area contributed by atoms with E-state index in [1.54, 1.807) is 24.6 Å². The number of benzene rings is 1. The molecule has 1 N–H and O–H groups in total. The van der Waals surface area contributed by atoms with Crippen LogP contribution in [0.15, 0.2) is 54.3 Å². The lowest BCUT2D eigenvalue weighted by molar-refractivity contribution is 0.0526. The van der Waals surface area contributed by atoms with Gasteiger partial charge in [0.25, 0.3) is 0 Å². The maximum Gasteiger partial charge on any atom is 0.407 e. The zero-order chi connectivity index (χ0) is 25.4. The second-order valence-electron chi connectivity index (χ2n) is 9.61. The van der Waals surface area contributed by atoms with Gasteiger partial charge in [-0.05, 0) is 51.1 Å². The number of fused-ring (bicyclic) bond motifs is 2. The minimum atomic E-state index is -0.531. The van der Waals surface area contributed by atoms with E-state index in [0.29, 0.717) is 13.1 Å². The Labute approximate surface area is 213 Å². The fraction of sp³-hybridized carbons (Fsp3) is 0.296. The Bertz CT molecular complexity index is 1560. The van der Waals surface area contributed by atoms with Crippen LogP contribution in [0.4, 0.5) is 4.79 Å². The van der Waals surface area contributed by atoms with Gasteiger partial charge in [-0.25, -0.2) is 14.8 Å². The van der Waals surface area contributed by atoms with Crippen LogP contribution in [0.2, 0.25) is 0 Å². The highest BCUT2D eigenvalue weighted by Gasteiger charge is 2.18. The minimum Gasteiger partial charge on any atom is -0.497 e. The number of methoxy groups -OCH3 is 1. The molecule has 36 heavy (non-hydrogen) atoms. The van der Waals surface area contributed by atoms with E-state index in [-0.39, 0.29) is 0 Å². The predicted octanol–water partition coefficient (Wildman–Crippen LogP) is 5.85. The fourth-order valence-electron chi connectivity index (χ4n) is 4.29. The number of nitrogens with zero attached hydrogens (tertiary/aromatic N) is 4. The largest absolute Gasteiger partial charge is 0.497 e. The molecule has 4 aromatic heterocycles. The van der Waals surface area contributed by atoms with Crippen molar-refractivity contribution in [3.05, 3.63) is 54.3 Å².